The van der Waals surface area contributed by atoms with Gasteiger partial charge in [-0.1, -0.05) is 23.8 Å². The van der Waals surface area contributed by atoms with E-state index in [1.54, 1.807) is 25.1 Å². The van der Waals surface area contributed by atoms with Gasteiger partial charge >= 0.3 is 24.0 Å². The smallest absolute Gasteiger partial charge is 0.410 e. The van der Waals surface area contributed by atoms with Gasteiger partial charge in [-0.2, -0.15) is 0 Å². The minimum Gasteiger partial charge on any atom is -0.469 e. The van der Waals surface area contributed by atoms with Gasteiger partial charge in [-0.3, -0.25) is 9.69 Å². The number of nitrogens with zero attached hydrogens (tertiary/aromatic N) is 1. The van der Waals surface area contributed by atoms with Gasteiger partial charge in [-0.15, -0.1) is 0 Å². The van der Waals surface area contributed by atoms with E-state index in [1.165, 1.54) is 26.2 Å². The van der Waals surface area contributed by atoms with E-state index in [0.717, 1.165) is 11.1 Å². The van der Waals surface area contributed by atoms with Crippen LogP contribution in [-0.2, 0) is 28.5 Å². The molecule has 1 heterocycles. The van der Waals surface area contributed by atoms with Crippen LogP contribution in [0.1, 0.15) is 36.2 Å². The zero-order valence-electron chi connectivity index (χ0n) is 19.0. The van der Waals surface area contributed by atoms with E-state index in [2.05, 4.69) is 0 Å². The summed E-state index contributed by atoms with van der Waals surface area (Å²) in [4.78, 5) is 50.4. The second-order valence-electron chi connectivity index (χ2n) is 7.38. The minimum absolute atomic E-state index is 0.0791. The molecule has 1 aliphatic heterocycles. The van der Waals surface area contributed by atoms with Crippen LogP contribution in [0.4, 0.5) is 4.79 Å². The summed E-state index contributed by atoms with van der Waals surface area (Å²) in [6, 6.07) is 5.88. The molecule has 1 aromatic carbocycles. The number of methoxy groups -OCH3 is 3. The van der Waals surface area contributed by atoms with Crippen molar-refractivity contribution in [2.75, 3.05) is 34.5 Å². The van der Waals surface area contributed by atoms with E-state index in [0.29, 0.717) is 5.56 Å². The van der Waals surface area contributed by atoms with Crippen LogP contribution >= 0.6 is 0 Å². The first-order valence-corrected chi connectivity index (χ1v) is 10.2. The standard InChI is InChI=1S/C23H29NO8/c1-6-32-23(28)24-13-18(17(12-19(25)29-3)20(24)22(27)31-5)14(2)10-15-8-7-9-16(11-15)21(26)30-4/h7-11,17-18,20H,6,12-13H2,1-5H3/b14-10+/t17-,18+,20-/m0/s1. The van der Waals surface area contributed by atoms with Crippen LogP contribution in [0.3, 0.4) is 0 Å². The predicted octanol–water partition coefficient (Wildman–Crippen LogP) is 2.69. The molecule has 1 fully saturated rings. The molecule has 32 heavy (non-hydrogen) atoms. The number of likely N-dealkylation sites (tertiary alicyclic amines) is 1. The Morgan fingerprint density at radius 2 is 1.81 bits per heavy atom. The van der Waals surface area contributed by atoms with Crippen LogP contribution in [0.5, 0.6) is 0 Å². The van der Waals surface area contributed by atoms with Gasteiger partial charge in [-0.05, 0) is 31.5 Å². The Morgan fingerprint density at radius 1 is 1.09 bits per heavy atom. The number of carbonyl (C=O) groups excluding carboxylic acids is 4. The minimum atomic E-state index is -0.993. The van der Waals surface area contributed by atoms with Gasteiger partial charge < -0.3 is 18.9 Å². The first kappa shape index (κ1) is 24.9. The van der Waals surface area contributed by atoms with Gasteiger partial charge in [0.25, 0.3) is 0 Å². The summed E-state index contributed by atoms with van der Waals surface area (Å²) in [5.41, 5.74) is 1.96. The van der Waals surface area contributed by atoms with Crippen LogP contribution < -0.4 is 0 Å². The Morgan fingerprint density at radius 3 is 2.41 bits per heavy atom. The lowest BCUT2D eigenvalue weighted by atomic mass is 9.82. The zero-order valence-corrected chi connectivity index (χ0v) is 19.0. The highest BCUT2D eigenvalue weighted by Gasteiger charge is 2.50. The second-order valence-corrected chi connectivity index (χ2v) is 7.38. The molecule has 1 aliphatic rings. The van der Waals surface area contributed by atoms with Crippen LogP contribution in [0.25, 0.3) is 6.08 Å². The quantitative estimate of drug-likeness (QED) is 0.464. The van der Waals surface area contributed by atoms with Crippen molar-refractivity contribution in [1.29, 1.82) is 0 Å². The molecule has 1 saturated heterocycles. The number of carbonyl (C=O) groups is 4. The number of benzene rings is 1. The number of hydrogen-bond donors (Lipinski definition) is 0. The van der Waals surface area contributed by atoms with Gasteiger partial charge in [0.1, 0.15) is 6.04 Å². The van der Waals surface area contributed by atoms with Crippen molar-refractivity contribution in [3.05, 3.63) is 41.0 Å². The fourth-order valence-electron chi connectivity index (χ4n) is 3.98. The first-order chi connectivity index (χ1) is 15.3. The fraction of sp³-hybridized carbons (Fsp3) is 0.478. The zero-order chi connectivity index (χ0) is 23.8. The van der Waals surface area contributed by atoms with Gasteiger partial charge in [0.05, 0.1) is 39.9 Å². The Labute approximate surface area is 187 Å². The normalized spacial score (nSPS) is 20.5. The lowest BCUT2D eigenvalue weighted by molar-refractivity contribution is -0.148. The molecule has 1 aromatic rings. The molecular formula is C23H29NO8. The van der Waals surface area contributed by atoms with Crippen LogP contribution in [0.2, 0.25) is 0 Å². The molecule has 0 aliphatic carbocycles. The summed E-state index contributed by atoms with van der Waals surface area (Å²) in [6.07, 6.45) is 1.12. The molecule has 0 spiro atoms. The second kappa shape index (κ2) is 11.3. The molecule has 0 bridgehead atoms. The largest absolute Gasteiger partial charge is 0.469 e. The van der Waals surface area contributed by atoms with Crippen molar-refractivity contribution < 1.29 is 38.1 Å². The van der Waals surface area contributed by atoms with Crippen molar-refractivity contribution >= 4 is 30.1 Å². The average Bonchev–Trinajstić information content (AvgIpc) is 3.17. The third-order valence-electron chi connectivity index (χ3n) is 5.51. The molecule has 2 rings (SSSR count). The summed E-state index contributed by atoms with van der Waals surface area (Å²) in [5.74, 6) is -2.50. The van der Waals surface area contributed by atoms with Crippen LogP contribution in [0.15, 0.2) is 29.8 Å². The van der Waals surface area contributed by atoms with Crippen LogP contribution in [0, 0.1) is 11.8 Å². The molecule has 1 amide bonds. The Hall–Kier alpha value is -3.36. The maximum Gasteiger partial charge on any atom is 0.410 e. The molecule has 9 heteroatoms. The summed E-state index contributed by atoms with van der Waals surface area (Å²) in [7, 11) is 3.81. The maximum atomic E-state index is 12.6. The molecule has 0 unspecified atom stereocenters. The predicted molar refractivity (Wildman–Crippen MR) is 115 cm³/mol. The number of esters is 3. The average molecular weight is 447 g/mol. The van der Waals surface area contributed by atoms with Crippen LogP contribution in [-0.4, -0.2) is 69.4 Å². The van der Waals surface area contributed by atoms with Gasteiger partial charge in [0.15, 0.2) is 0 Å². The molecule has 174 valence electrons. The molecule has 0 aromatic heterocycles. The molecule has 0 saturated carbocycles. The van der Waals surface area contributed by atoms with Crippen molar-refractivity contribution in [3.8, 4) is 0 Å². The lowest BCUT2D eigenvalue weighted by Gasteiger charge is -2.25. The number of amides is 1. The van der Waals surface area contributed by atoms with Gasteiger partial charge in [-0.25, -0.2) is 14.4 Å². The molecular weight excluding hydrogens is 418 g/mol. The highest BCUT2D eigenvalue weighted by molar-refractivity contribution is 5.90. The summed E-state index contributed by atoms with van der Waals surface area (Å²) < 4.78 is 19.6. The van der Waals surface area contributed by atoms with Crippen molar-refractivity contribution in [1.82, 2.24) is 4.90 Å². The molecule has 0 radical (unpaired) electrons. The SMILES string of the molecule is CCOC(=O)N1C[C@H](/C(C)=C/c2cccc(C(=O)OC)c2)[C@H](CC(=O)OC)[C@H]1C(=O)OC. The highest BCUT2D eigenvalue weighted by Crippen LogP contribution is 2.39. The molecule has 0 N–H and O–H groups in total. The first-order valence-electron chi connectivity index (χ1n) is 10.2. The maximum absolute atomic E-state index is 12.6. The lowest BCUT2D eigenvalue weighted by Crippen LogP contribution is -2.44. The van der Waals surface area contributed by atoms with E-state index >= 15 is 0 Å². The topological polar surface area (TPSA) is 108 Å². The number of ether oxygens (including phenoxy) is 4. The van der Waals surface area contributed by atoms with E-state index in [4.69, 9.17) is 18.9 Å². The van der Waals surface area contributed by atoms with E-state index < -0.39 is 36.0 Å². The fourth-order valence-corrected chi connectivity index (χ4v) is 3.98. The van der Waals surface area contributed by atoms with E-state index in [-0.39, 0.29) is 25.5 Å². The highest BCUT2D eigenvalue weighted by atomic mass is 16.6. The van der Waals surface area contributed by atoms with Crippen molar-refractivity contribution in [3.63, 3.8) is 0 Å². The summed E-state index contributed by atoms with van der Waals surface area (Å²) in [6.45, 7) is 3.83. The number of hydrogen-bond acceptors (Lipinski definition) is 8. The molecule has 9 nitrogen and oxygen atoms in total. The Kier molecular flexibility index (Phi) is 8.80. The Balaban J connectivity index is 2.46. The Bertz CT molecular complexity index is 894. The summed E-state index contributed by atoms with van der Waals surface area (Å²) in [5, 5.41) is 0. The van der Waals surface area contributed by atoms with Gasteiger partial charge in [0, 0.05) is 18.4 Å². The van der Waals surface area contributed by atoms with Gasteiger partial charge in [0.2, 0.25) is 0 Å². The number of rotatable bonds is 7. The van der Waals surface area contributed by atoms with Crippen molar-refractivity contribution in [2.45, 2.75) is 26.3 Å². The van der Waals surface area contributed by atoms with Crippen molar-refractivity contribution in [2.24, 2.45) is 11.8 Å². The third kappa shape index (κ3) is 5.66. The van der Waals surface area contributed by atoms with E-state index in [1.807, 2.05) is 19.1 Å². The third-order valence-corrected chi connectivity index (χ3v) is 5.51. The monoisotopic (exact) mass is 447 g/mol. The van der Waals surface area contributed by atoms with E-state index in [9.17, 15) is 19.2 Å². The summed E-state index contributed by atoms with van der Waals surface area (Å²) >= 11 is 0. The molecule has 3 atom stereocenters.